The molecule has 1 aliphatic heterocycles. The molecule has 0 saturated carbocycles. The molecular weight excluding hydrogens is 274 g/mol. The first-order valence-corrected chi connectivity index (χ1v) is 7.23. The number of amides is 1. The van der Waals surface area contributed by atoms with E-state index in [-0.39, 0.29) is 16.9 Å². The summed E-state index contributed by atoms with van der Waals surface area (Å²) < 4.78 is 0. The van der Waals surface area contributed by atoms with Gasteiger partial charge in [-0.05, 0) is 24.1 Å². The van der Waals surface area contributed by atoms with Gasteiger partial charge in [0.15, 0.2) is 5.12 Å². The molecule has 1 heterocycles. The Labute approximate surface area is 121 Å². The monoisotopic (exact) mass is 289 g/mol. The quantitative estimate of drug-likeness (QED) is 0.857. The van der Waals surface area contributed by atoms with E-state index in [1.165, 1.54) is 18.7 Å². The Morgan fingerprint density at radius 3 is 2.95 bits per heavy atom. The van der Waals surface area contributed by atoms with E-state index >= 15 is 0 Å². The smallest absolute Gasteiger partial charge is 0.227 e. The summed E-state index contributed by atoms with van der Waals surface area (Å²) in [6.07, 6.45) is 0.430. The molecule has 0 spiro atoms. The van der Waals surface area contributed by atoms with Crippen LogP contribution in [0.2, 0.25) is 0 Å². The number of thioether (sulfide) groups is 1. The van der Waals surface area contributed by atoms with Gasteiger partial charge in [-0.1, -0.05) is 11.8 Å². The number of carbonyl (C=O) groups is 2. The van der Waals surface area contributed by atoms with Crippen LogP contribution in [0.4, 0.5) is 11.4 Å². The Morgan fingerprint density at radius 2 is 2.35 bits per heavy atom. The van der Waals surface area contributed by atoms with Gasteiger partial charge in [0.2, 0.25) is 5.91 Å². The van der Waals surface area contributed by atoms with Crippen molar-refractivity contribution in [3.05, 3.63) is 23.8 Å². The highest BCUT2D eigenvalue weighted by molar-refractivity contribution is 8.13. The van der Waals surface area contributed by atoms with Crippen LogP contribution in [0.5, 0.6) is 0 Å². The van der Waals surface area contributed by atoms with Crippen LogP contribution >= 0.6 is 11.8 Å². The summed E-state index contributed by atoms with van der Waals surface area (Å²) in [6, 6.07) is 6.93. The number of benzene rings is 1. The Morgan fingerprint density at radius 1 is 1.60 bits per heavy atom. The summed E-state index contributed by atoms with van der Waals surface area (Å²) in [4.78, 5) is 24.7. The third kappa shape index (κ3) is 3.11. The zero-order chi connectivity index (χ0) is 14.7. The Hall–Kier alpha value is -2.00. The maximum Gasteiger partial charge on any atom is 0.227 e. The van der Waals surface area contributed by atoms with Gasteiger partial charge in [-0.2, -0.15) is 5.26 Å². The molecule has 1 fully saturated rings. The maximum atomic E-state index is 12.0. The number of nitrogens with zero attached hydrogens (tertiary/aromatic N) is 2. The molecular formula is C14H15N3O2S. The fourth-order valence-corrected chi connectivity index (χ4v) is 2.92. The molecule has 0 aromatic heterocycles. The first kappa shape index (κ1) is 14.4. The van der Waals surface area contributed by atoms with Crippen LogP contribution in [0.25, 0.3) is 0 Å². The molecule has 6 heteroatoms. The zero-order valence-corrected chi connectivity index (χ0v) is 11.9. The Kier molecular flexibility index (Phi) is 4.30. The molecule has 2 N–H and O–H groups in total. The molecule has 0 radical (unpaired) electrons. The summed E-state index contributed by atoms with van der Waals surface area (Å²) in [6.45, 7) is 2.09. The maximum absolute atomic E-state index is 12.0. The molecule has 1 amide bonds. The van der Waals surface area contributed by atoms with E-state index < -0.39 is 0 Å². The predicted molar refractivity (Wildman–Crippen MR) is 79.2 cm³/mol. The minimum absolute atomic E-state index is 0.00978. The lowest BCUT2D eigenvalue weighted by atomic mass is 10.1. The van der Waals surface area contributed by atoms with Crippen molar-refractivity contribution in [2.75, 3.05) is 22.9 Å². The lowest BCUT2D eigenvalue weighted by molar-refractivity contribution is -0.117. The van der Waals surface area contributed by atoms with Crippen LogP contribution < -0.4 is 10.6 Å². The van der Waals surface area contributed by atoms with E-state index in [9.17, 15) is 9.59 Å². The topological polar surface area (TPSA) is 87.2 Å². The molecule has 1 aromatic carbocycles. The van der Waals surface area contributed by atoms with Crippen molar-refractivity contribution in [3.8, 4) is 6.07 Å². The minimum Gasteiger partial charge on any atom is -0.397 e. The number of carbonyl (C=O) groups excluding carboxylic acids is 2. The van der Waals surface area contributed by atoms with Crippen LogP contribution in [-0.4, -0.2) is 23.3 Å². The van der Waals surface area contributed by atoms with Crippen LogP contribution in [0.15, 0.2) is 18.2 Å². The summed E-state index contributed by atoms with van der Waals surface area (Å²) >= 11 is 1.25. The number of nitrogens with two attached hydrogens (primary N) is 1. The van der Waals surface area contributed by atoms with Crippen molar-refractivity contribution in [2.24, 2.45) is 5.92 Å². The lowest BCUT2D eigenvalue weighted by Gasteiger charge is -2.18. The highest BCUT2D eigenvalue weighted by Gasteiger charge is 2.31. The van der Waals surface area contributed by atoms with E-state index in [1.54, 1.807) is 23.1 Å². The number of hydrogen-bond donors (Lipinski definition) is 1. The van der Waals surface area contributed by atoms with E-state index in [1.807, 2.05) is 6.07 Å². The van der Waals surface area contributed by atoms with Gasteiger partial charge >= 0.3 is 0 Å². The molecule has 1 aliphatic rings. The second kappa shape index (κ2) is 5.97. The van der Waals surface area contributed by atoms with Gasteiger partial charge in [-0.25, -0.2) is 0 Å². The molecule has 2 rings (SSSR count). The summed E-state index contributed by atoms with van der Waals surface area (Å²) in [5.74, 6) is 0.815. The van der Waals surface area contributed by atoms with Crippen molar-refractivity contribution >= 4 is 34.2 Å². The average Bonchev–Trinajstić information content (AvgIpc) is 2.77. The van der Waals surface area contributed by atoms with Crippen LogP contribution in [-0.2, 0) is 9.59 Å². The van der Waals surface area contributed by atoms with Crippen molar-refractivity contribution in [3.63, 3.8) is 0 Å². The number of rotatable bonds is 3. The number of nitriles is 1. The summed E-state index contributed by atoms with van der Waals surface area (Å²) in [7, 11) is 0. The number of hydrogen-bond acceptors (Lipinski definition) is 5. The van der Waals surface area contributed by atoms with Crippen molar-refractivity contribution in [1.29, 1.82) is 5.26 Å². The van der Waals surface area contributed by atoms with Crippen LogP contribution in [0, 0.1) is 17.2 Å². The summed E-state index contributed by atoms with van der Waals surface area (Å²) in [5, 5.41) is 8.88. The minimum atomic E-state index is 0.00978. The molecule has 5 nitrogen and oxygen atoms in total. The third-order valence-corrected chi connectivity index (χ3v) is 4.22. The molecule has 0 aliphatic carbocycles. The molecule has 1 aromatic rings. The second-order valence-corrected chi connectivity index (χ2v) is 5.96. The molecule has 1 atom stereocenters. The molecule has 1 unspecified atom stereocenters. The van der Waals surface area contributed by atoms with Gasteiger partial charge in [0, 0.05) is 25.6 Å². The van der Waals surface area contributed by atoms with E-state index in [4.69, 9.17) is 11.0 Å². The SMILES string of the molecule is CC(=O)SCC1CC(=O)N(c2ccc(C#N)cc2N)C1. The van der Waals surface area contributed by atoms with Gasteiger partial charge in [0.25, 0.3) is 0 Å². The highest BCUT2D eigenvalue weighted by atomic mass is 32.2. The third-order valence-electron chi connectivity index (χ3n) is 3.17. The van der Waals surface area contributed by atoms with Crippen LogP contribution in [0.3, 0.4) is 0 Å². The molecule has 104 valence electrons. The van der Waals surface area contributed by atoms with Gasteiger partial charge in [0.05, 0.1) is 23.0 Å². The van der Waals surface area contributed by atoms with Gasteiger partial charge in [0.1, 0.15) is 0 Å². The predicted octanol–water partition coefficient (Wildman–Crippen LogP) is 1.77. The normalized spacial score (nSPS) is 18.1. The number of nitrogen functional groups attached to an aromatic ring is 1. The molecule has 0 bridgehead atoms. The van der Waals surface area contributed by atoms with Crippen LogP contribution in [0.1, 0.15) is 18.9 Å². The standard InChI is InChI=1S/C14H15N3O2S/c1-9(18)20-8-11-5-14(19)17(7-11)13-3-2-10(6-15)4-12(13)16/h2-4,11H,5,7-8,16H2,1H3. The van der Waals surface area contributed by atoms with E-state index in [0.717, 1.165) is 0 Å². The Bertz CT molecular complexity index is 595. The first-order valence-electron chi connectivity index (χ1n) is 6.24. The number of anilines is 2. The Balaban J connectivity index is 2.12. The van der Waals surface area contributed by atoms with Gasteiger partial charge in [-0.3, -0.25) is 9.59 Å². The zero-order valence-electron chi connectivity index (χ0n) is 11.1. The van der Waals surface area contributed by atoms with Crippen molar-refractivity contribution in [2.45, 2.75) is 13.3 Å². The summed E-state index contributed by atoms with van der Waals surface area (Å²) in [5.41, 5.74) is 7.45. The fraction of sp³-hybridized carbons (Fsp3) is 0.357. The van der Waals surface area contributed by atoms with Crippen molar-refractivity contribution in [1.82, 2.24) is 0 Å². The molecule has 1 saturated heterocycles. The van der Waals surface area contributed by atoms with E-state index in [0.29, 0.717) is 35.7 Å². The van der Waals surface area contributed by atoms with Crippen molar-refractivity contribution < 1.29 is 9.59 Å². The van der Waals surface area contributed by atoms with Gasteiger partial charge in [-0.15, -0.1) is 0 Å². The second-order valence-electron chi connectivity index (χ2n) is 4.76. The highest BCUT2D eigenvalue weighted by Crippen LogP contribution is 2.31. The van der Waals surface area contributed by atoms with Gasteiger partial charge < -0.3 is 10.6 Å². The van der Waals surface area contributed by atoms with E-state index in [2.05, 4.69) is 0 Å². The first-order chi connectivity index (χ1) is 9.51. The lowest BCUT2D eigenvalue weighted by Crippen LogP contribution is -2.25. The molecule has 20 heavy (non-hydrogen) atoms. The average molecular weight is 289 g/mol. The largest absolute Gasteiger partial charge is 0.397 e. The fourth-order valence-electron chi connectivity index (χ4n) is 2.23.